The molecule has 0 bridgehead atoms. The lowest BCUT2D eigenvalue weighted by molar-refractivity contribution is 0.105. The first-order valence-electron chi connectivity index (χ1n) is 7.42. The van der Waals surface area contributed by atoms with Crippen LogP contribution in [0.3, 0.4) is 0 Å². The van der Waals surface area contributed by atoms with Crippen LogP contribution in [0.1, 0.15) is 48.0 Å². The molecule has 0 spiro atoms. The fraction of sp³-hybridized carbons (Fsp3) is 0.375. The average Bonchev–Trinajstić information content (AvgIpc) is 2.83. The first kappa shape index (κ1) is 14.1. The minimum Gasteiger partial charge on any atom is -0.359 e. The number of hydrazine groups is 1. The fourth-order valence-corrected chi connectivity index (χ4v) is 3.13. The van der Waals surface area contributed by atoms with Gasteiger partial charge in [0.05, 0.1) is 5.70 Å². The van der Waals surface area contributed by atoms with Crippen LogP contribution in [0.4, 0.5) is 0 Å². The molecule has 0 aromatic heterocycles. The molecule has 3 rings (SSSR count). The minimum absolute atomic E-state index is 0.0288. The van der Waals surface area contributed by atoms with E-state index in [1.165, 1.54) is 32.1 Å². The first-order valence-corrected chi connectivity index (χ1v) is 7.83. The van der Waals surface area contributed by atoms with E-state index in [0.717, 1.165) is 16.8 Å². The van der Waals surface area contributed by atoms with Gasteiger partial charge in [-0.1, -0.05) is 43.5 Å². The van der Waals surface area contributed by atoms with Gasteiger partial charge >= 0.3 is 0 Å². The summed E-state index contributed by atoms with van der Waals surface area (Å²) >= 11 is 5.30. The van der Waals surface area contributed by atoms with E-state index < -0.39 is 0 Å². The molecule has 0 atom stereocenters. The molecule has 2 aliphatic rings. The molecule has 0 aliphatic heterocycles. The van der Waals surface area contributed by atoms with E-state index in [4.69, 9.17) is 12.2 Å². The predicted octanol–water partition coefficient (Wildman–Crippen LogP) is 2.53. The van der Waals surface area contributed by atoms with E-state index in [2.05, 4.69) is 16.2 Å². The second-order valence-corrected chi connectivity index (χ2v) is 5.93. The van der Waals surface area contributed by atoms with Crippen LogP contribution >= 0.6 is 12.2 Å². The third kappa shape index (κ3) is 3.24. The number of hydrogen-bond acceptors (Lipinski definition) is 3. The highest BCUT2D eigenvalue weighted by Gasteiger charge is 2.20. The van der Waals surface area contributed by atoms with Crippen molar-refractivity contribution in [3.8, 4) is 0 Å². The Bertz CT molecular complexity index is 591. The number of carbonyl (C=O) groups excluding carboxylic acids is 1. The number of allylic oxidation sites excluding steroid dienone is 1. The maximum Gasteiger partial charge on any atom is 0.188 e. The van der Waals surface area contributed by atoms with Crippen molar-refractivity contribution in [1.29, 1.82) is 0 Å². The number of ketones is 1. The number of carbonyl (C=O) groups is 1. The topological polar surface area (TPSA) is 53.2 Å². The lowest BCUT2D eigenvalue weighted by Crippen LogP contribution is -2.47. The molecule has 1 aromatic carbocycles. The molecule has 0 heterocycles. The molecule has 5 heteroatoms. The van der Waals surface area contributed by atoms with E-state index >= 15 is 0 Å². The van der Waals surface area contributed by atoms with E-state index in [9.17, 15) is 4.79 Å². The lowest BCUT2D eigenvalue weighted by Gasteiger charge is -2.24. The second kappa shape index (κ2) is 6.26. The van der Waals surface area contributed by atoms with Gasteiger partial charge in [-0.25, -0.2) is 0 Å². The van der Waals surface area contributed by atoms with Gasteiger partial charge in [0.25, 0.3) is 0 Å². The van der Waals surface area contributed by atoms with Crippen molar-refractivity contribution in [2.75, 3.05) is 0 Å². The Morgan fingerprint density at radius 2 is 1.81 bits per heavy atom. The van der Waals surface area contributed by atoms with Crippen LogP contribution in [0.15, 0.2) is 30.3 Å². The van der Waals surface area contributed by atoms with Crippen LogP contribution < -0.4 is 16.2 Å². The highest BCUT2D eigenvalue weighted by atomic mass is 32.1. The second-order valence-electron chi connectivity index (χ2n) is 5.53. The summed E-state index contributed by atoms with van der Waals surface area (Å²) in [5, 5.41) is 3.91. The maximum atomic E-state index is 11.8. The zero-order valence-electron chi connectivity index (χ0n) is 11.8. The molecule has 21 heavy (non-hydrogen) atoms. The Morgan fingerprint density at radius 3 is 2.57 bits per heavy atom. The van der Waals surface area contributed by atoms with Gasteiger partial charge in [-0.15, -0.1) is 0 Å². The summed E-state index contributed by atoms with van der Waals surface area (Å²) in [6, 6.07) is 8.02. The maximum absolute atomic E-state index is 11.8. The summed E-state index contributed by atoms with van der Waals surface area (Å²) < 4.78 is 0. The minimum atomic E-state index is 0.0288. The van der Waals surface area contributed by atoms with Crippen LogP contribution in [0.25, 0.3) is 5.70 Å². The number of thiocarbonyl (C=S) groups is 1. The molecule has 0 saturated heterocycles. The standard InChI is InChI=1S/C16H19N3OS/c20-15-10-14(12-8-4-5-9-13(12)15)18-19-16(21)17-11-6-2-1-3-7-11/h4-5,8-11,18H,1-3,6-7H2,(H2,17,19,21). The zero-order chi connectivity index (χ0) is 14.7. The Morgan fingerprint density at radius 1 is 1.10 bits per heavy atom. The Labute approximate surface area is 130 Å². The van der Waals surface area contributed by atoms with Crippen molar-refractivity contribution < 1.29 is 4.79 Å². The molecular weight excluding hydrogens is 282 g/mol. The summed E-state index contributed by atoms with van der Waals surface area (Å²) in [7, 11) is 0. The van der Waals surface area contributed by atoms with Crippen molar-refractivity contribution >= 4 is 28.8 Å². The van der Waals surface area contributed by atoms with Crippen molar-refractivity contribution in [3.63, 3.8) is 0 Å². The number of hydrogen-bond donors (Lipinski definition) is 3. The van der Waals surface area contributed by atoms with Crippen molar-refractivity contribution in [1.82, 2.24) is 16.2 Å². The van der Waals surface area contributed by atoms with Crippen molar-refractivity contribution in [2.45, 2.75) is 38.1 Å². The van der Waals surface area contributed by atoms with Gasteiger partial charge in [0.15, 0.2) is 10.9 Å². The number of benzene rings is 1. The Kier molecular flexibility index (Phi) is 4.20. The highest BCUT2D eigenvalue weighted by molar-refractivity contribution is 7.80. The number of nitrogens with one attached hydrogen (secondary N) is 3. The van der Waals surface area contributed by atoms with E-state index in [1.54, 1.807) is 6.08 Å². The predicted molar refractivity (Wildman–Crippen MR) is 87.6 cm³/mol. The fourth-order valence-electron chi connectivity index (χ4n) is 2.92. The van der Waals surface area contributed by atoms with Crippen molar-refractivity contribution in [3.05, 3.63) is 41.5 Å². The first-order chi connectivity index (χ1) is 10.2. The van der Waals surface area contributed by atoms with Gasteiger partial charge in [0.1, 0.15) is 0 Å². The zero-order valence-corrected chi connectivity index (χ0v) is 12.6. The molecule has 1 aromatic rings. The van der Waals surface area contributed by atoms with E-state index in [-0.39, 0.29) is 5.78 Å². The Hall–Kier alpha value is -1.88. The SMILES string of the molecule is O=C1C=C(NNC(=S)NC2CCCCC2)c2ccccc21. The molecule has 1 fully saturated rings. The number of fused-ring (bicyclic) bond motifs is 1. The molecule has 3 N–H and O–H groups in total. The molecule has 2 aliphatic carbocycles. The Balaban J connectivity index is 1.55. The van der Waals surface area contributed by atoms with Crippen LogP contribution in [0.2, 0.25) is 0 Å². The van der Waals surface area contributed by atoms with Crippen molar-refractivity contribution in [2.24, 2.45) is 0 Å². The highest BCUT2D eigenvalue weighted by Crippen LogP contribution is 2.24. The molecule has 0 unspecified atom stereocenters. The smallest absolute Gasteiger partial charge is 0.188 e. The summed E-state index contributed by atoms with van der Waals surface area (Å²) in [5.41, 5.74) is 8.44. The monoisotopic (exact) mass is 301 g/mol. The molecule has 0 radical (unpaired) electrons. The molecule has 0 amide bonds. The normalized spacial score (nSPS) is 17.9. The summed E-state index contributed by atoms with van der Waals surface area (Å²) in [6.45, 7) is 0. The van der Waals surface area contributed by atoms with Gasteiger partial charge in [-0.05, 0) is 25.1 Å². The van der Waals surface area contributed by atoms with Crippen LogP contribution in [-0.2, 0) is 0 Å². The third-order valence-corrected chi connectivity index (χ3v) is 4.23. The summed E-state index contributed by atoms with van der Waals surface area (Å²) in [4.78, 5) is 11.8. The molecule has 110 valence electrons. The van der Waals surface area contributed by atoms with Gasteiger partial charge in [0, 0.05) is 23.2 Å². The molecular formula is C16H19N3OS. The number of rotatable bonds is 3. The third-order valence-electron chi connectivity index (χ3n) is 4.01. The van der Waals surface area contributed by atoms with Gasteiger partial charge in [-0.2, -0.15) is 0 Å². The largest absolute Gasteiger partial charge is 0.359 e. The van der Waals surface area contributed by atoms with Crippen LogP contribution in [-0.4, -0.2) is 16.9 Å². The average molecular weight is 301 g/mol. The van der Waals surface area contributed by atoms with Gasteiger partial charge in [0.2, 0.25) is 0 Å². The van der Waals surface area contributed by atoms with Gasteiger partial charge < -0.3 is 5.32 Å². The summed E-state index contributed by atoms with van der Waals surface area (Å²) in [6.07, 6.45) is 7.79. The quantitative estimate of drug-likeness (QED) is 0.592. The lowest BCUT2D eigenvalue weighted by atomic mass is 9.96. The van der Waals surface area contributed by atoms with Crippen LogP contribution in [0.5, 0.6) is 0 Å². The summed E-state index contributed by atoms with van der Waals surface area (Å²) in [5.74, 6) is 0.0288. The molecule has 1 saturated carbocycles. The van der Waals surface area contributed by atoms with Gasteiger partial charge in [-0.3, -0.25) is 15.6 Å². The molecule has 4 nitrogen and oxygen atoms in total. The van der Waals surface area contributed by atoms with E-state index in [1.807, 2.05) is 24.3 Å². The van der Waals surface area contributed by atoms with Crippen LogP contribution in [0, 0.1) is 0 Å². The van der Waals surface area contributed by atoms with E-state index in [0.29, 0.717) is 11.2 Å².